The highest BCUT2D eigenvalue weighted by Crippen LogP contribution is 2.45. The van der Waals surface area contributed by atoms with Crippen molar-refractivity contribution in [2.24, 2.45) is 5.73 Å². The molecule has 1 aromatic heterocycles. The molecular formula is C23H25N3O3. The second-order valence-corrected chi connectivity index (χ2v) is 7.74. The zero-order chi connectivity index (χ0) is 20.3. The van der Waals surface area contributed by atoms with Crippen molar-refractivity contribution in [3.8, 4) is 5.75 Å². The molecule has 0 aliphatic heterocycles. The van der Waals surface area contributed by atoms with Crippen LogP contribution in [0.25, 0.3) is 0 Å². The summed E-state index contributed by atoms with van der Waals surface area (Å²) < 4.78 is 11.3. The molecule has 1 saturated carbocycles. The Hall–Kier alpha value is -3.15. The summed E-state index contributed by atoms with van der Waals surface area (Å²) in [4.78, 5) is 15.7. The van der Waals surface area contributed by atoms with Crippen molar-refractivity contribution in [2.45, 2.75) is 51.0 Å². The Morgan fingerprint density at radius 3 is 2.45 bits per heavy atom. The van der Waals surface area contributed by atoms with Crippen LogP contribution in [-0.4, -0.2) is 16.0 Å². The van der Waals surface area contributed by atoms with E-state index in [1.54, 1.807) is 12.1 Å². The Balaban J connectivity index is 1.47. The first-order valence-electron chi connectivity index (χ1n) is 9.95. The number of ether oxygens (including phenoxy) is 1. The Morgan fingerprint density at radius 2 is 1.79 bits per heavy atom. The van der Waals surface area contributed by atoms with Crippen LogP contribution in [0.1, 0.15) is 54.1 Å². The largest absolute Gasteiger partial charge is 0.484 e. The summed E-state index contributed by atoms with van der Waals surface area (Å²) in [5, 5.41) is 4.31. The number of hydrogen-bond acceptors (Lipinski definition) is 5. The van der Waals surface area contributed by atoms with Crippen LogP contribution in [0.5, 0.6) is 5.75 Å². The predicted octanol–water partition coefficient (Wildman–Crippen LogP) is 3.84. The van der Waals surface area contributed by atoms with Crippen LogP contribution >= 0.6 is 0 Å². The second-order valence-electron chi connectivity index (χ2n) is 7.74. The van der Waals surface area contributed by atoms with Crippen molar-refractivity contribution in [3.63, 3.8) is 0 Å². The van der Waals surface area contributed by atoms with Crippen LogP contribution < -0.4 is 10.5 Å². The number of aromatic nitrogens is 2. The van der Waals surface area contributed by atoms with Crippen molar-refractivity contribution in [1.29, 1.82) is 0 Å². The second kappa shape index (κ2) is 8.07. The maximum Gasteiger partial charge on any atom is 0.264 e. The van der Waals surface area contributed by atoms with Crippen LogP contribution in [0.4, 0.5) is 0 Å². The van der Waals surface area contributed by atoms with Gasteiger partial charge in [0.15, 0.2) is 12.4 Å². The Morgan fingerprint density at radius 1 is 1.10 bits per heavy atom. The van der Waals surface area contributed by atoms with Gasteiger partial charge in [-0.25, -0.2) is 0 Å². The molecule has 1 aliphatic rings. The lowest BCUT2D eigenvalue weighted by atomic mass is 9.78. The van der Waals surface area contributed by atoms with Gasteiger partial charge in [-0.05, 0) is 43.0 Å². The molecule has 6 nitrogen and oxygen atoms in total. The topological polar surface area (TPSA) is 91.2 Å². The van der Waals surface area contributed by atoms with Crippen molar-refractivity contribution in [2.75, 3.05) is 0 Å². The van der Waals surface area contributed by atoms with Crippen molar-refractivity contribution in [3.05, 3.63) is 76.9 Å². The molecule has 150 valence electrons. The number of rotatable bonds is 7. The number of benzene rings is 2. The molecule has 1 amide bonds. The highest BCUT2D eigenvalue weighted by Gasteiger charge is 2.41. The fraction of sp³-hybridized carbons (Fsp3) is 0.348. The lowest BCUT2D eigenvalue weighted by molar-refractivity contribution is -0.117. The third kappa shape index (κ3) is 4.16. The fourth-order valence-corrected chi connectivity index (χ4v) is 4.05. The van der Waals surface area contributed by atoms with E-state index in [0.717, 1.165) is 37.1 Å². The number of hydrogen-bond donors (Lipinski definition) is 1. The normalized spacial score (nSPS) is 15.3. The highest BCUT2D eigenvalue weighted by molar-refractivity contribution is 5.76. The number of carbonyl (C=O) groups is 1. The molecule has 0 atom stereocenters. The zero-order valence-electron chi connectivity index (χ0n) is 16.6. The SMILES string of the molecule is Cc1ccc(C2(c3noc(COc4ccc(CC(N)=O)cc4)n3)CCCC2)cc1. The quantitative estimate of drug-likeness (QED) is 0.661. The summed E-state index contributed by atoms with van der Waals surface area (Å²) in [5.41, 5.74) is 8.38. The number of carbonyl (C=O) groups excluding carboxylic acids is 1. The lowest BCUT2D eigenvalue weighted by Crippen LogP contribution is -2.25. The van der Waals surface area contributed by atoms with Crippen LogP contribution in [0.15, 0.2) is 53.1 Å². The minimum absolute atomic E-state index is 0.175. The third-order valence-electron chi connectivity index (χ3n) is 5.62. The average Bonchev–Trinajstić information content (AvgIpc) is 3.38. The van der Waals surface area contributed by atoms with Gasteiger partial charge in [0.2, 0.25) is 5.91 Å². The molecule has 0 spiro atoms. The van der Waals surface area contributed by atoms with E-state index in [1.807, 2.05) is 12.1 Å². The standard InChI is InChI=1S/C23H25N3O3/c1-16-4-8-18(9-5-16)23(12-2-3-13-23)22-25-21(29-26-22)15-28-19-10-6-17(7-11-19)14-20(24)27/h4-11H,2-3,12-15H2,1H3,(H2,24,27). The molecule has 0 bridgehead atoms. The van der Waals surface area contributed by atoms with Crippen molar-refractivity contribution in [1.82, 2.24) is 10.1 Å². The fourth-order valence-electron chi connectivity index (χ4n) is 4.05. The molecular weight excluding hydrogens is 366 g/mol. The van der Waals surface area contributed by atoms with Crippen molar-refractivity contribution < 1.29 is 14.1 Å². The highest BCUT2D eigenvalue weighted by atomic mass is 16.5. The summed E-state index contributed by atoms with van der Waals surface area (Å²) >= 11 is 0. The Kier molecular flexibility index (Phi) is 5.34. The number of primary amides is 1. The molecule has 1 fully saturated rings. The monoisotopic (exact) mass is 391 g/mol. The van der Waals surface area contributed by atoms with E-state index < -0.39 is 0 Å². The maximum absolute atomic E-state index is 11.0. The zero-order valence-corrected chi connectivity index (χ0v) is 16.6. The minimum atomic E-state index is -0.355. The van der Waals surface area contributed by atoms with Gasteiger partial charge in [0.05, 0.1) is 11.8 Å². The average molecular weight is 391 g/mol. The van der Waals surface area contributed by atoms with Gasteiger partial charge in [0.1, 0.15) is 5.75 Å². The smallest absolute Gasteiger partial charge is 0.264 e. The van der Waals surface area contributed by atoms with Gasteiger partial charge in [0.25, 0.3) is 5.89 Å². The maximum atomic E-state index is 11.0. The molecule has 1 aliphatic carbocycles. The van der Waals surface area contributed by atoms with Gasteiger partial charge in [0, 0.05) is 0 Å². The summed E-state index contributed by atoms with van der Waals surface area (Å²) in [5.74, 6) is 1.52. The van der Waals surface area contributed by atoms with E-state index in [1.165, 1.54) is 11.1 Å². The molecule has 6 heteroatoms. The van der Waals surface area contributed by atoms with Gasteiger partial charge in [-0.15, -0.1) is 0 Å². The number of nitrogens with two attached hydrogens (primary N) is 1. The summed E-state index contributed by atoms with van der Waals surface area (Å²) in [6.07, 6.45) is 4.58. The van der Waals surface area contributed by atoms with Gasteiger partial charge >= 0.3 is 0 Å². The number of aryl methyl sites for hydroxylation is 1. The molecule has 0 unspecified atom stereocenters. The van der Waals surface area contributed by atoms with Gasteiger partial charge in [-0.3, -0.25) is 4.79 Å². The van der Waals surface area contributed by atoms with E-state index in [-0.39, 0.29) is 24.3 Å². The molecule has 29 heavy (non-hydrogen) atoms. The summed E-state index contributed by atoms with van der Waals surface area (Å²) in [6.45, 7) is 2.29. The van der Waals surface area contributed by atoms with Gasteiger partial charge < -0.3 is 15.0 Å². The Bertz CT molecular complexity index is 971. The van der Waals surface area contributed by atoms with E-state index in [0.29, 0.717) is 11.6 Å². The predicted molar refractivity (Wildman–Crippen MR) is 108 cm³/mol. The van der Waals surface area contributed by atoms with E-state index in [4.69, 9.17) is 15.0 Å². The Labute approximate surface area is 170 Å². The summed E-state index contributed by atoms with van der Waals surface area (Å²) in [6, 6.07) is 15.9. The lowest BCUT2D eigenvalue weighted by Gasteiger charge is -2.25. The van der Waals surface area contributed by atoms with Crippen LogP contribution in [0, 0.1) is 6.92 Å². The number of amides is 1. The van der Waals surface area contributed by atoms with Crippen LogP contribution in [-0.2, 0) is 23.2 Å². The van der Waals surface area contributed by atoms with E-state index in [9.17, 15) is 4.79 Å². The first-order chi connectivity index (χ1) is 14.0. The van der Waals surface area contributed by atoms with E-state index in [2.05, 4.69) is 41.3 Å². The minimum Gasteiger partial charge on any atom is -0.484 e. The molecule has 4 rings (SSSR count). The molecule has 3 aromatic rings. The van der Waals surface area contributed by atoms with Crippen LogP contribution in [0.2, 0.25) is 0 Å². The molecule has 0 radical (unpaired) electrons. The molecule has 0 saturated heterocycles. The number of nitrogens with zero attached hydrogens (tertiary/aromatic N) is 2. The van der Waals surface area contributed by atoms with Gasteiger partial charge in [-0.1, -0.05) is 60.0 Å². The summed E-state index contributed by atoms with van der Waals surface area (Å²) in [7, 11) is 0. The van der Waals surface area contributed by atoms with Crippen molar-refractivity contribution >= 4 is 5.91 Å². The molecule has 2 N–H and O–H groups in total. The third-order valence-corrected chi connectivity index (χ3v) is 5.62. The first-order valence-corrected chi connectivity index (χ1v) is 9.95. The van der Waals surface area contributed by atoms with Gasteiger partial charge in [-0.2, -0.15) is 4.98 Å². The molecule has 1 heterocycles. The van der Waals surface area contributed by atoms with Crippen LogP contribution in [0.3, 0.4) is 0 Å². The molecule has 2 aromatic carbocycles. The first kappa shape index (κ1) is 19.2. The van der Waals surface area contributed by atoms with E-state index >= 15 is 0 Å².